The van der Waals surface area contributed by atoms with Gasteiger partial charge in [0, 0.05) is 34.4 Å². The Kier molecular flexibility index (Phi) is 7.62. The van der Waals surface area contributed by atoms with Gasteiger partial charge in [-0.05, 0) is 59.1 Å². The van der Waals surface area contributed by atoms with Crippen molar-refractivity contribution >= 4 is 67.9 Å². The number of likely N-dealkylation sites (tertiary alicyclic amines) is 1. The summed E-state index contributed by atoms with van der Waals surface area (Å²) in [6.45, 7) is 1.71. The van der Waals surface area contributed by atoms with Crippen LogP contribution in [0.2, 0.25) is 10.0 Å². The molecule has 1 aliphatic rings. The van der Waals surface area contributed by atoms with Crippen LogP contribution in [0.25, 0.3) is 0 Å². The molecule has 1 heterocycles. The van der Waals surface area contributed by atoms with Gasteiger partial charge in [0.25, 0.3) is 5.91 Å². The molecule has 2 aromatic carbocycles. The van der Waals surface area contributed by atoms with E-state index in [9.17, 15) is 4.79 Å². The van der Waals surface area contributed by atoms with Crippen LogP contribution in [0.1, 0.15) is 18.4 Å². The summed E-state index contributed by atoms with van der Waals surface area (Å²) in [5.74, 6) is 0.572. The van der Waals surface area contributed by atoms with Gasteiger partial charge in [-0.15, -0.1) is 0 Å². The molecule has 3 rings (SSSR count). The van der Waals surface area contributed by atoms with E-state index >= 15 is 0 Å². The number of methoxy groups -OCH3 is 1. The molecule has 0 unspecified atom stereocenters. The summed E-state index contributed by atoms with van der Waals surface area (Å²) < 4.78 is 11.8. The van der Waals surface area contributed by atoms with Crippen LogP contribution in [0.15, 0.2) is 34.8 Å². The van der Waals surface area contributed by atoms with Crippen molar-refractivity contribution in [3.05, 3.63) is 50.4 Å². The predicted octanol–water partition coefficient (Wildman–Crippen LogP) is 5.55. The number of thiocarbonyl (C=S) groups is 1. The highest BCUT2D eigenvalue weighted by Crippen LogP contribution is 2.37. The Labute approximate surface area is 193 Å². The summed E-state index contributed by atoms with van der Waals surface area (Å²) in [7, 11) is 1.55. The van der Waals surface area contributed by atoms with Gasteiger partial charge in [-0.2, -0.15) is 0 Å². The van der Waals surface area contributed by atoms with E-state index in [1.807, 2.05) is 12.1 Å². The molecule has 0 atom stereocenters. The second-order valence-electron chi connectivity index (χ2n) is 6.48. The van der Waals surface area contributed by atoms with E-state index in [-0.39, 0.29) is 12.5 Å². The average molecular weight is 518 g/mol. The molecule has 0 bridgehead atoms. The lowest BCUT2D eigenvalue weighted by atomic mass is 10.2. The summed E-state index contributed by atoms with van der Waals surface area (Å²) >= 11 is 21.0. The molecule has 5 nitrogen and oxygen atoms in total. The highest BCUT2D eigenvalue weighted by atomic mass is 79.9. The molecule has 0 saturated carbocycles. The molecule has 1 N–H and O–H groups in total. The Morgan fingerprint density at radius 3 is 2.45 bits per heavy atom. The van der Waals surface area contributed by atoms with E-state index in [0.717, 1.165) is 36.5 Å². The van der Waals surface area contributed by atoms with E-state index in [1.165, 1.54) is 0 Å². The van der Waals surface area contributed by atoms with Crippen molar-refractivity contribution in [2.45, 2.75) is 12.8 Å². The fraction of sp³-hybridized carbons (Fsp3) is 0.300. The smallest absolute Gasteiger partial charge is 0.262 e. The van der Waals surface area contributed by atoms with E-state index in [4.69, 9.17) is 44.9 Å². The number of ether oxygens (including phenoxy) is 2. The van der Waals surface area contributed by atoms with Gasteiger partial charge in [-0.3, -0.25) is 4.79 Å². The maximum Gasteiger partial charge on any atom is 0.262 e. The van der Waals surface area contributed by atoms with Crippen molar-refractivity contribution in [1.29, 1.82) is 0 Å². The van der Waals surface area contributed by atoms with Crippen molar-refractivity contribution in [2.24, 2.45) is 0 Å². The Morgan fingerprint density at radius 1 is 1.17 bits per heavy atom. The average Bonchev–Trinajstić information content (AvgIpc) is 3.19. The van der Waals surface area contributed by atoms with Crippen LogP contribution in [0, 0.1) is 0 Å². The van der Waals surface area contributed by atoms with Gasteiger partial charge in [0.05, 0.1) is 11.6 Å². The summed E-state index contributed by atoms with van der Waals surface area (Å²) in [5, 5.41) is 3.57. The lowest BCUT2D eigenvalue weighted by molar-refractivity contribution is -0.118. The van der Waals surface area contributed by atoms with Crippen LogP contribution in [-0.2, 0) is 4.79 Å². The molecule has 2 aromatic rings. The highest BCUT2D eigenvalue weighted by molar-refractivity contribution is 9.10. The summed E-state index contributed by atoms with van der Waals surface area (Å²) in [6, 6.07) is 8.51. The number of carbonyl (C=O) groups excluding carboxylic acids is 1. The fourth-order valence-corrected chi connectivity index (χ4v) is 4.43. The molecule has 0 aromatic heterocycles. The second-order valence-corrected chi connectivity index (χ2v) is 8.60. The standard InChI is InChI=1S/C20H19BrCl2N2O3S/c1-27-17-7-12(20(29)25-4-2-3-5-25)6-16(21)19(17)28-11-18(26)24-15-9-13(22)8-14(23)10-15/h6-10H,2-5,11H2,1H3,(H,24,26). The van der Waals surface area contributed by atoms with E-state index in [0.29, 0.717) is 31.7 Å². The number of hydrogen-bond acceptors (Lipinski definition) is 4. The van der Waals surface area contributed by atoms with Crippen LogP contribution < -0.4 is 14.8 Å². The van der Waals surface area contributed by atoms with Crippen LogP contribution in [-0.4, -0.2) is 42.6 Å². The highest BCUT2D eigenvalue weighted by Gasteiger charge is 2.20. The quantitative estimate of drug-likeness (QED) is 0.509. The van der Waals surface area contributed by atoms with E-state index in [1.54, 1.807) is 25.3 Å². The Hall–Kier alpha value is -1.54. The van der Waals surface area contributed by atoms with Crippen LogP contribution >= 0.6 is 51.3 Å². The molecule has 9 heteroatoms. The third-order valence-corrected chi connectivity index (χ3v) is 5.88. The number of anilines is 1. The molecule has 1 aliphatic heterocycles. The lowest BCUT2D eigenvalue weighted by Gasteiger charge is -2.20. The molecular weight excluding hydrogens is 499 g/mol. The largest absolute Gasteiger partial charge is 0.493 e. The molecule has 0 spiro atoms. The number of halogens is 3. The van der Waals surface area contributed by atoms with Crippen LogP contribution in [0.5, 0.6) is 11.5 Å². The van der Waals surface area contributed by atoms with Gasteiger partial charge in [0.15, 0.2) is 18.1 Å². The van der Waals surface area contributed by atoms with Crippen molar-refractivity contribution in [2.75, 3.05) is 32.1 Å². The molecule has 29 heavy (non-hydrogen) atoms. The summed E-state index contributed by atoms with van der Waals surface area (Å²) in [5.41, 5.74) is 1.37. The number of hydrogen-bond donors (Lipinski definition) is 1. The fourth-order valence-electron chi connectivity index (χ4n) is 3.05. The maximum absolute atomic E-state index is 12.3. The zero-order valence-electron chi connectivity index (χ0n) is 15.6. The number of benzene rings is 2. The van der Waals surface area contributed by atoms with Crippen LogP contribution in [0.4, 0.5) is 5.69 Å². The number of nitrogens with zero attached hydrogens (tertiary/aromatic N) is 1. The molecular formula is C20H19BrCl2N2O3S. The van der Waals surface area contributed by atoms with Crippen molar-refractivity contribution in [1.82, 2.24) is 4.90 Å². The molecule has 1 amide bonds. The van der Waals surface area contributed by atoms with Gasteiger partial charge >= 0.3 is 0 Å². The molecule has 154 valence electrons. The first-order valence-electron chi connectivity index (χ1n) is 8.93. The van der Waals surface area contributed by atoms with Gasteiger partial charge in [0.2, 0.25) is 0 Å². The zero-order chi connectivity index (χ0) is 21.0. The minimum absolute atomic E-state index is 0.213. The molecule has 1 saturated heterocycles. The van der Waals surface area contributed by atoms with Crippen molar-refractivity contribution in [3.63, 3.8) is 0 Å². The SMILES string of the molecule is COc1cc(C(=S)N2CCCC2)cc(Br)c1OCC(=O)Nc1cc(Cl)cc(Cl)c1. The third kappa shape index (κ3) is 5.75. The predicted molar refractivity (Wildman–Crippen MR) is 124 cm³/mol. The lowest BCUT2D eigenvalue weighted by Crippen LogP contribution is -2.26. The third-order valence-electron chi connectivity index (χ3n) is 4.36. The van der Waals surface area contributed by atoms with Gasteiger partial charge < -0.3 is 19.7 Å². The summed E-state index contributed by atoms with van der Waals surface area (Å²) in [4.78, 5) is 15.2. The van der Waals surface area contributed by atoms with Gasteiger partial charge in [-0.1, -0.05) is 35.4 Å². The van der Waals surface area contributed by atoms with E-state index in [2.05, 4.69) is 26.1 Å². The topological polar surface area (TPSA) is 50.8 Å². The Morgan fingerprint density at radius 2 is 1.83 bits per heavy atom. The second kappa shape index (κ2) is 9.98. The molecule has 1 fully saturated rings. The van der Waals surface area contributed by atoms with Gasteiger partial charge in [-0.25, -0.2) is 0 Å². The first kappa shape index (κ1) is 22.2. The summed E-state index contributed by atoms with van der Waals surface area (Å²) in [6.07, 6.45) is 2.29. The first-order chi connectivity index (χ1) is 13.9. The maximum atomic E-state index is 12.3. The minimum Gasteiger partial charge on any atom is -0.493 e. The molecule has 0 radical (unpaired) electrons. The number of carbonyl (C=O) groups is 1. The number of rotatable bonds is 6. The van der Waals surface area contributed by atoms with Crippen molar-refractivity contribution < 1.29 is 14.3 Å². The number of nitrogens with one attached hydrogen (secondary N) is 1. The van der Waals surface area contributed by atoms with Crippen LogP contribution in [0.3, 0.4) is 0 Å². The van der Waals surface area contributed by atoms with E-state index < -0.39 is 0 Å². The minimum atomic E-state index is -0.353. The van der Waals surface area contributed by atoms with Crippen molar-refractivity contribution in [3.8, 4) is 11.5 Å². The first-order valence-corrected chi connectivity index (χ1v) is 10.9. The Bertz CT molecular complexity index is 916. The Balaban J connectivity index is 1.69. The monoisotopic (exact) mass is 516 g/mol. The zero-order valence-corrected chi connectivity index (χ0v) is 19.6. The van der Waals surface area contributed by atoms with Gasteiger partial charge in [0.1, 0.15) is 4.99 Å². The number of amides is 1. The molecule has 0 aliphatic carbocycles. The normalized spacial score (nSPS) is 13.3.